The smallest absolute Gasteiger partial charge is 0.258 e. The van der Waals surface area contributed by atoms with Crippen molar-refractivity contribution < 1.29 is 9.18 Å². The van der Waals surface area contributed by atoms with Crippen molar-refractivity contribution in [3.8, 4) is 0 Å². The quantitative estimate of drug-likeness (QED) is 0.698. The van der Waals surface area contributed by atoms with E-state index in [1.165, 1.54) is 36.7 Å². The van der Waals surface area contributed by atoms with Gasteiger partial charge in [-0.15, -0.1) is 0 Å². The van der Waals surface area contributed by atoms with Crippen molar-refractivity contribution in [1.82, 2.24) is 9.97 Å². The van der Waals surface area contributed by atoms with E-state index in [9.17, 15) is 9.18 Å². The van der Waals surface area contributed by atoms with E-state index in [4.69, 9.17) is 0 Å². The number of benzene rings is 2. The molecule has 3 rings (SSSR count). The Morgan fingerprint density at radius 3 is 2.38 bits per heavy atom. The van der Waals surface area contributed by atoms with Crippen molar-refractivity contribution in [3.63, 3.8) is 0 Å². The van der Waals surface area contributed by atoms with Crippen LogP contribution in [-0.4, -0.2) is 15.9 Å². The van der Waals surface area contributed by atoms with Gasteiger partial charge in [0, 0.05) is 28.2 Å². The van der Waals surface area contributed by atoms with Crippen LogP contribution in [-0.2, 0) is 0 Å². The Hall–Kier alpha value is -2.80. The highest BCUT2D eigenvalue weighted by molar-refractivity contribution is 9.10. The molecule has 0 spiro atoms. The highest BCUT2D eigenvalue weighted by Crippen LogP contribution is 2.18. The molecule has 0 saturated heterocycles. The normalized spacial score (nSPS) is 10.2. The number of anilines is 3. The SMILES string of the molecule is O=C(Nc1ccc(F)cc1)c1cnc(Nc2cccc(Br)c2)nc1. The predicted octanol–water partition coefficient (Wildman–Crippen LogP) is 4.37. The highest BCUT2D eigenvalue weighted by Gasteiger charge is 2.08. The van der Waals surface area contributed by atoms with Gasteiger partial charge in [0.15, 0.2) is 0 Å². The van der Waals surface area contributed by atoms with Crippen molar-refractivity contribution in [1.29, 1.82) is 0 Å². The molecule has 0 aliphatic rings. The van der Waals surface area contributed by atoms with Crippen LogP contribution in [0.15, 0.2) is 65.4 Å². The van der Waals surface area contributed by atoms with Crippen molar-refractivity contribution in [2.45, 2.75) is 0 Å². The summed E-state index contributed by atoms with van der Waals surface area (Å²) in [5, 5.41) is 5.69. The van der Waals surface area contributed by atoms with Crippen LogP contribution in [0.1, 0.15) is 10.4 Å². The molecule has 5 nitrogen and oxygen atoms in total. The monoisotopic (exact) mass is 386 g/mol. The minimum atomic E-state index is -0.365. The Morgan fingerprint density at radius 1 is 1.00 bits per heavy atom. The predicted molar refractivity (Wildman–Crippen MR) is 93.8 cm³/mol. The molecule has 2 aromatic carbocycles. The van der Waals surface area contributed by atoms with Crippen molar-refractivity contribution in [3.05, 3.63) is 76.8 Å². The molecule has 0 bridgehead atoms. The molecule has 1 amide bonds. The van der Waals surface area contributed by atoms with Gasteiger partial charge in [-0.1, -0.05) is 22.0 Å². The summed E-state index contributed by atoms with van der Waals surface area (Å²) in [7, 11) is 0. The molecule has 2 N–H and O–H groups in total. The molecule has 0 saturated carbocycles. The summed E-state index contributed by atoms with van der Waals surface area (Å²) in [6.07, 6.45) is 2.85. The zero-order valence-electron chi connectivity index (χ0n) is 12.3. The van der Waals surface area contributed by atoms with Crippen LogP contribution in [0, 0.1) is 5.82 Å². The Morgan fingerprint density at radius 2 is 1.71 bits per heavy atom. The van der Waals surface area contributed by atoms with Crippen LogP contribution >= 0.6 is 15.9 Å². The second kappa shape index (κ2) is 7.18. The summed E-state index contributed by atoms with van der Waals surface area (Å²) in [6.45, 7) is 0. The molecule has 7 heteroatoms. The van der Waals surface area contributed by atoms with Gasteiger partial charge in [0.2, 0.25) is 5.95 Å². The molecule has 0 unspecified atom stereocenters. The second-order valence-corrected chi connectivity index (χ2v) is 5.81. The molecule has 1 aromatic heterocycles. The summed E-state index contributed by atoms with van der Waals surface area (Å²) in [4.78, 5) is 20.3. The fraction of sp³-hybridized carbons (Fsp3) is 0. The molecular formula is C17H12BrFN4O. The summed E-state index contributed by atoms with van der Waals surface area (Å²) >= 11 is 3.38. The van der Waals surface area contributed by atoms with E-state index >= 15 is 0 Å². The van der Waals surface area contributed by atoms with Gasteiger partial charge in [-0.2, -0.15) is 0 Å². The zero-order valence-corrected chi connectivity index (χ0v) is 13.9. The molecule has 0 radical (unpaired) electrons. The number of rotatable bonds is 4. The van der Waals surface area contributed by atoms with Gasteiger partial charge in [-0.3, -0.25) is 4.79 Å². The molecule has 3 aromatic rings. The van der Waals surface area contributed by atoms with E-state index in [1.54, 1.807) is 0 Å². The average Bonchev–Trinajstić information content (AvgIpc) is 2.57. The number of nitrogens with zero attached hydrogens (tertiary/aromatic N) is 2. The van der Waals surface area contributed by atoms with Crippen LogP contribution in [0.25, 0.3) is 0 Å². The Labute approximate surface area is 146 Å². The third-order valence-corrected chi connectivity index (χ3v) is 3.59. The minimum Gasteiger partial charge on any atom is -0.324 e. The van der Waals surface area contributed by atoms with Crippen molar-refractivity contribution in [2.75, 3.05) is 10.6 Å². The molecule has 120 valence electrons. The number of hydrogen-bond donors (Lipinski definition) is 2. The van der Waals surface area contributed by atoms with Crippen LogP contribution in [0.5, 0.6) is 0 Å². The molecule has 0 atom stereocenters. The molecule has 0 aliphatic heterocycles. The van der Waals surface area contributed by atoms with Gasteiger partial charge in [0.25, 0.3) is 5.91 Å². The first-order valence-electron chi connectivity index (χ1n) is 7.02. The number of halogens is 2. The van der Waals surface area contributed by atoms with Gasteiger partial charge in [-0.25, -0.2) is 14.4 Å². The van der Waals surface area contributed by atoms with Gasteiger partial charge >= 0.3 is 0 Å². The zero-order chi connectivity index (χ0) is 16.9. The summed E-state index contributed by atoms with van der Waals surface area (Å²) in [5.41, 5.74) is 1.63. The number of aromatic nitrogens is 2. The molecular weight excluding hydrogens is 375 g/mol. The number of carbonyl (C=O) groups is 1. The summed E-state index contributed by atoms with van der Waals surface area (Å²) in [6, 6.07) is 13.1. The lowest BCUT2D eigenvalue weighted by Crippen LogP contribution is -2.13. The van der Waals surface area contributed by atoms with Crippen LogP contribution in [0.3, 0.4) is 0 Å². The average molecular weight is 387 g/mol. The Bertz CT molecular complexity index is 853. The van der Waals surface area contributed by atoms with E-state index in [2.05, 4.69) is 36.5 Å². The van der Waals surface area contributed by atoms with Crippen molar-refractivity contribution >= 4 is 39.2 Å². The fourth-order valence-corrected chi connectivity index (χ4v) is 2.34. The maximum Gasteiger partial charge on any atom is 0.258 e. The lowest BCUT2D eigenvalue weighted by atomic mass is 10.2. The van der Waals surface area contributed by atoms with E-state index in [0.717, 1.165) is 10.2 Å². The largest absolute Gasteiger partial charge is 0.324 e. The molecule has 0 fully saturated rings. The van der Waals surface area contributed by atoms with E-state index in [0.29, 0.717) is 17.2 Å². The first-order chi connectivity index (χ1) is 11.6. The number of hydrogen-bond acceptors (Lipinski definition) is 4. The lowest BCUT2D eigenvalue weighted by Gasteiger charge is -2.07. The first kappa shape index (κ1) is 16.1. The maximum absolute atomic E-state index is 12.9. The van der Waals surface area contributed by atoms with Crippen LogP contribution < -0.4 is 10.6 Å². The topological polar surface area (TPSA) is 66.9 Å². The lowest BCUT2D eigenvalue weighted by molar-refractivity contribution is 0.102. The van der Waals surface area contributed by atoms with Gasteiger partial charge < -0.3 is 10.6 Å². The minimum absolute atomic E-state index is 0.305. The molecule has 1 heterocycles. The van der Waals surface area contributed by atoms with Crippen LogP contribution in [0.4, 0.5) is 21.7 Å². The highest BCUT2D eigenvalue weighted by atomic mass is 79.9. The van der Waals surface area contributed by atoms with E-state index < -0.39 is 0 Å². The van der Waals surface area contributed by atoms with E-state index in [1.807, 2.05) is 24.3 Å². The molecule has 0 aliphatic carbocycles. The summed E-state index contributed by atoms with van der Waals surface area (Å²) in [5.74, 6) is -0.346. The number of amides is 1. The van der Waals surface area contributed by atoms with Gasteiger partial charge in [-0.05, 0) is 42.5 Å². The second-order valence-electron chi connectivity index (χ2n) is 4.89. The number of nitrogens with one attached hydrogen (secondary N) is 2. The first-order valence-corrected chi connectivity index (χ1v) is 7.81. The van der Waals surface area contributed by atoms with Gasteiger partial charge in [0.1, 0.15) is 5.82 Å². The summed E-state index contributed by atoms with van der Waals surface area (Å²) < 4.78 is 13.8. The standard InChI is InChI=1S/C17H12BrFN4O/c18-12-2-1-3-15(8-12)23-17-20-9-11(10-21-17)16(24)22-14-6-4-13(19)5-7-14/h1-10H,(H,22,24)(H,20,21,23). The van der Waals surface area contributed by atoms with Crippen molar-refractivity contribution in [2.24, 2.45) is 0 Å². The Kier molecular flexibility index (Phi) is 4.81. The van der Waals surface area contributed by atoms with Gasteiger partial charge in [0.05, 0.1) is 5.56 Å². The fourth-order valence-electron chi connectivity index (χ4n) is 1.94. The molecule has 24 heavy (non-hydrogen) atoms. The van der Waals surface area contributed by atoms with Crippen LogP contribution in [0.2, 0.25) is 0 Å². The maximum atomic E-state index is 12.9. The Balaban J connectivity index is 1.67. The van der Waals surface area contributed by atoms with E-state index in [-0.39, 0.29) is 11.7 Å². The third-order valence-electron chi connectivity index (χ3n) is 3.10. The number of carbonyl (C=O) groups excluding carboxylic acids is 1. The third kappa shape index (κ3) is 4.14.